The van der Waals surface area contributed by atoms with Gasteiger partial charge in [-0.25, -0.2) is 0 Å². The van der Waals surface area contributed by atoms with Crippen LogP contribution >= 0.6 is 11.3 Å². The molecule has 1 aliphatic carbocycles. The molecule has 9 rings (SSSR count). The van der Waals surface area contributed by atoms with Crippen molar-refractivity contribution in [3.8, 4) is 54.3 Å². The highest BCUT2D eigenvalue weighted by molar-refractivity contribution is 7.19. The maximum absolute atomic E-state index is 2.48. The Morgan fingerprint density at radius 3 is 1.43 bits per heavy atom. The summed E-state index contributed by atoms with van der Waals surface area (Å²) in [6.07, 6.45) is 0. The summed E-state index contributed by atoms with van der Waals surface area (Å²) in [5.41, 5.74) is 13.1. The van der Waals surface area contributed by atoms with Gasteiger partial charge in [0.15, 0.2) is 0 Å². The van der Waals surface area contributed by atoms with Crippen LogP contribution in [-0.4, -0.2) is 0 Å². The quantitative estimate of drug-likeness (QED) is 0.175. The molecule has 1 aromatic heterocycles. The monoisotopic (exact) mass is 604 g/mol. The summed E-state index contributed by atoms with van der Waals surface area (Å²) < 4.78 is 0. The normalized spacial score (nSPS) is 13.2. The van der Waals surface area contributed by atoms with Gasteiger partial charge in [-0.15, -0.1) is 11.3 Å². The van der Waals surface area contributed by atoms with Crippen molar-refractivity contribution in [3.05, 3.63) is 169 Å². The summed E-state index contributed by atoms with van der Waals surface area (Å²) in [7, 11) is 0. The molecule has 1 heteroatoms. The molecule has 46 heavy (non-hydrogen) atoms. The fourth-order valence-electron chi connectivity index (χ4n) is 7.57. The highest BCUT2D eigenvalue weighted by Gasteiger charge is 2.38. The molecule has 0 spiro atoms. The standard InChI is InChI=1S/C45H32S/c1-45(2)39-27-33(25-26-38(39)44-40(45)28-41(46-44)31-15-7-4-8-16-31)43-36-19-11-9-17-34(36)42(35-18-10-12-20-37(35)43)32-23-21-30(22-24-32)29-13-5-3-6-14-29/h3-28H,1-2H3. The van der Waals surface area contributed by atoms with Gasteiger partial charge in [-0.2, -0.15) is 0 Å². The lowest BCUT2D eigenvalue weighted by atomic mass is 9.80. The van der Waals surface area contributed by atoms with Gasteiger partial charge < -0.3 is 0 Å². The Labute approximate surface area is 274 Å². The zero-order valence-corrected chi connectivity index (χ0v) is 26.7. The molecule has 0 N–H and O–H groups in total. The van der Waals surface area contributed by atoms with Crippen molar-refractivity contribution in [3.63, 3.8) is 0 Å². The van der Waals surface area contributed by atoms with Crippen molar-refractivity contribution in [2.75, 3.05) is 0 Å². The van der Waals surface area contributed by atoms with E-state index in [-0.39, 0.29) is 5.41 Å². The first-order valence-corrected chi connectivity index (χ1v) is 16.8. The summed E-state index contributed by atoms with van der Waals surface area (Å²) in [4.78, 5) is 2.76. The molecule has 0 nitrogen and oxygen atoms in total. The van der Waals surface area contributed by atoms with E-state index < -0.39 is 0 Å². The Balaban J connectivity index is 1.22. The van der Waals surface area contributed by atoms with E-state index in [9.17, 15) is 0 Å². The molecule has 1 heterocycles. The van der Waals surface area contributed by atoms with Crippen LogP contribution in [0.3, 0.4) is 0 Å². The Bertz CT molecular complexity index is 2350. The van der Waals surface area contributed by atoms with Crippen LogP contribution in [-0.2, 0) is 5.41 Å². The second-order valence-electron chi connectivity index (χ2n) is 12.9. The molecule has 0 atom stereocenters. The van der Waals surface area contributed by atoms with E-state index in [4.69, 9.17) is 0 Å². The van der Waals surface area contributed by atoms with Gasteiger partial charge in [0, 0.05) is 15.2 Å². The van der Waals surface area contributed by atoms with E-state index in [1.165, 1.54) is 86.9 Å². The summed E-state index contributed by atoms with van der Waals surface area (Å²) in [6.45, 7) is 4.78. The average molecular weight is 605 g/mol. The first-order chi connectivity index (χ1) is 22.6. The molecule has 0 bridgehead atoms. The number of fused-ring (bicyclic) bond motifs is 5. The second kappa shape index (κ2) is 10.4. The Morgan fingerprint density at radius 1 is 0.391 bits per heavy atom. The third kappa shape index (κ3) is 4.12. The molecule has 0 unspecified atom stereocenters. The van der Waals surface area contributed by atoms with Crippen LogP contribution in [0.4, 0.5) is 0 Å². The van der Waals surface area contributed by atoms with Crippen molar-refractivity contribution in [2.24, 2.45) is 0 Å². The molecular weight excluding hydrogens is 573 g/mol. The van der Waals surface area contributed by atoms with E-state index in [1.54, 1.807) is 0 Å². The lowest BCUT2D eigenvalue weighted by Gasteiger charge is -2.23. The fourth-order valence-corrected chi connectivity index (χ4v) is 8.93. The number of benzene rings is 7. The van der Waals surface area contributed by atoms with E-state index in [2.05, 4.69) is 172 Å². The molecule has 0 fully saturated rings. The first-order valence-electron chi connectivity index (χ1n) is 16.0. The minimum Gasteiger partial charge on any atom is -0.135 e. The lowest BCUT2D eigenvalue weighted by Crippen LogP contribution is -2.14. The molecule has 0 saturated carbocycles. The van der Waals surface area contributed by atoms with Gasteiger partial charge >= 0.3 is 0 Å². The van der Waals surface area contributed by atoms with E-state index in [0.717, 1.165) is 0 Å². The molecule has 0 amide bonds. The summed E-state index contributed by atoms with van der Waals surface area (Å²) in [6, 6.07) is 58.1. The minimum atomic E-state index is -0.0732. The van der Waals surface area contributed by atoms with Crippen LogP contribution in [0.15, 0.2) is 158 Å². The van der Waals surface area contributed by atoms with E-state index in [0.29, 0.717) is 0 Å². The van der Waals surface area contributed by atoms with Gasteiger partial charge in [0.2, 0.25) is 0 Å². The number of thiophene rings is 1. The smallest absolute Gasteiger partial charge is 0.0393 e. The molecule has 0 radical (unpaired) electrons. The van der Waals surface area contributed by atoms with Crippen LogP contribution in [0.2, 0.25) is 0 Å². The number of rotatable bonds is 4. The maximum atomic E-state index is 2.48. The first kappa shape index (κ1) is 27.1. The van der Waals surface area contributed by atoms with Crippen LogP contribution < -0.4 is 0 Å². The summed E-state index contributed by atoms with van der Waals surface area (Å²) in [5, 5.41) is 5.16. The predicted octanol–water partition coefficient (Wildman–Crippen LogP) is 13.0. The molecule has 1 aliphatic rings. The molecule has 7 aromatic carbocycles. The van der Waals surface area contributed by atoms with E-state index in [1.807, 2.05) is 11.3 Å². The van der Waals surface area contributed by atoms with Crippen molar-refractivity contribution >= 4 is 32.9 Å². The number of hydrogen-bond acceptors (Lipinski definition) is 1. The molecular formula is C45H32S. The van der Waals surface area contributed by atoms with Crippen molar-refractivity contribution in [1.82, 2.24) is 0 Å². The molecule has 0 aliphatic heterocycles. The minimum absolute atomic E-state index is 0.0732. The Hall–Kier alpha value is -5.24. The van der Waals surface area contributed by atoms with Gasteiger partial charge in [-0.05, 0) is 89.3 Å². The Morgan fingerprint density at radius 2 is 0.848 bits per heavy atom. The van der Waals surface area contributed by atoms with Crippen molar-refractivity contribution < 1.29 is 0 Å². The third-order valence-electron chi connectivity index (χ3n) is 9.90. The van der Waals surface area contributed by atoms with Crippen LogP contribution in [0.1, 0.15) is 25.0 Å². The zero-order valence-electron chi connectivity index (χ0n) is 25.9. The SMILES string of the molecule is CC1(C)c2cc(-c3c4ccccc4c(-c4ccc(-c5ccccc5)cc4)c4ccccc34)ccc2-c2sc(-c3ccccc3)cc21. The van der Waals surface area contributed by atoms with Gasteiger partial charge in [0.1, 0.15) is 0 Å². The zero-order chi connectivity index (χ0) is 30.8. The van der Waals surface area contributed by atoms with Gasteiger partial charge in [-0.3, -0.25) is 0 Å². The maximum Gasteiger partial charge on any atom is 0.0393 e. The van der Waals surface area contributed by atoms with Gasteiger partial charge in [0.25, 0.3) is 0 Å². The van der Waals surface area contributed by atoms with E-state index >= 15 is 0 Å². The summed E-state index contributed by atoms with van der Waals surface area (Å²) >= 11 is 1.93. The highest BCUT2D eigenvalue weighted by Crippen LogP contribution is 2.55. The topological polar surface area (TPSA) is 0 Å². The number of hydrogen-bond donors (Lipinski definition) is 0. The second-order valence-corrected chi connectivity index (χ2v) is 13.9. The third-order valence-corrected chi connectivity index (χ3v) is 11.1. The Kier molecular flexibility index (Phi) is 6.13. The molecule has 0 saturated heterocycles. The van der Waals surface area contributed by atoms with Gasteiger partial charge in [-0.1, -0.05) is 159 Å². The lowest BCUT2D eigenvalue weighted by molar-refractivity contribution is 0.662. The van der Waals surface area contributed by atoms with Crippen molar-refractivity contribution in [2.45, 2.75) is 19.3 Å². The van der Waals surface area contributed by atoms with Crippen LogP contribution in [0.5, 0.6) is 0 Å². The average Bonchev–Trinajstić information content (AvgIpc) is 3.65. The molecule has 218 valence electrons. The van der Waals surface area contributed by atoms with Crippen LogP contribution in [0, 0.1) is 0 Å². The van der Waals surface area contributed by atoms with Gasteiger partial charge in [0.05, 0.1) is 0 Å². The summed E-state index contributed by atoms with van der Waals surface area (Å²) in [5.74, 6) is 0. The van der Waals surface area contributed by atoms with Crippen molar-refractivity contribution in [1.29, 1.82) is 0 Å². The fraction of sp³-hybridized carbons (Fsp3) is 0.0667. The molecule has 8 aromatic rings. The predicted molar refractivity (Wildman–Crippen MR) is 199 cm³/mol. The highest BCUT2D eigenvalue weighted by atomic mass is 32.1. The largest absolute Gasteiger partial charge is 0.135 e. The van der Waals surface area contributed by atoms with Crippen LogP contribution in [0.25, 0.3) is 75.8 Å².